The Bertz CT molecular complexity index is 339. The van der Waals surface area contributed by atoms with Gasteiger partial charge >= 0.3 is 5.97 Å². The first-order chi connectivity index (χ1) is 7.69. The minimum absolute atomic E-state index is 0.0413. The Morgan fingerprint density at radius 2 is 2.44 bits per heavy atom. The number of hydrogen-bond donors (Lipinski definition) is 3. The third kappa shape index (κ3) is 3.57. The van der Waals surface area contributed by atoms with Crippen LogP contribution in [0.3, 0.4) is 0 Å². The molecule has 0 aliphatic carbocycles. The molecular formula is C10H15NO4S. The zero-order valence-corrected chi connectivity index (χ0v) is 9.79. The molecule has 6 heteroatoms. The first kappa shape index (κ1) is 13.1. The first-order valence-electron chi connectivity index (χ1n) is 4.81. The third-order valence-electron chi connectivity index (χ3n) is 2.11. The van der Waals surface area contributed by atoms with Gasteiger partial charge in [0, 0.05) is 13.7 Å². The van der Waals surface area contributed by atoms with Crippen molar-refractivity contribution < 1.29 is 19.7 Å². The van der Waals surface area contributed by atoms with Gasteiger partial charge in [0.05, 0.1) is 19.3 Å². The van der Waals surface area contributed by atoms with Gasteiger partial charge in [-0.25, -0.2) is 4.79 Å². The van der Waals surface area contributed by atoms with Crippen LogP contribution in [0.1, 0.15) is 15.2 Å². The summed E-state index contributed by atoms with van der Waals surface area (Å²) >= 11 is 1.20. The quantitative estimate of drug-likeness (QED) is 0.653. The molecule has 0 fully saturated rings. The summed E-state index contributed by atoms with van der Waals surface area (Å²) in [5.41, 5.74) is 0.729. The number of carboxylic acid groups (broad SMARTS) is 1. The predicted molar refractivity (Wildman–Crippen MR) is 60.9 cm³/mol. The summed E-state index contributed by atoms with van der Waals surface area (Å²) in [4.78, 5) is 11.2. The van der Waals surface area contributed by atoms with Crippen LogP contribution in [0, 0.1) is 0 Å². The van der Waals surface area contributed by atoms with E-state index in [0.717, 1.165) is 5.56 Å². The number of carbonyl (C=O) groups is 1. The molecule has 1 atom stereocenters. The number of nitrogens with one attached hydrogen (secondary N) is 1. The van der Waals surface area contributed by atoms with E-state index in [1.165, 1.54) is 11.3 Å². The van der Waals surface area contributed by atoms with Gasteiger partial charge in [-0.2, -0.15) is 0 Å². The van der Waals surface area contributed by atoms with E-state index in [9.17, 15) is 4.79 Å². The van der Waals surface area contributed by atoms with Crippen molar-refractivity contribution in [3.8, 4) is 0 Å². The molecule has 0 radical (unpaired) electrons. The van der Waals surface area contributed by atoms with Gasteiger partial charge in [0.1, 0.15) is 4.88 Å². The second kappa shape index (κ2) is 6.59. The van der Waals surface area contributed by atoms with E-state index < -0.39 is 5.97 Å². The lowest BCUT2D eigenvalue weighted by Crippen LogP contribution is -2.36. The average molecular weight is 245 g/mol. The summed E-state index contributed by atoms with van der Waals surface area (Å²) in [5.74, 6) is -0.918. The van der Waals surface area contributed by atoms with Crippen LogP contribution in [-0.4, -0.2) is 42.5 Å². The summed E-state index contributed by atoms with van der Waals surface area (Å²) in [5, 5.41) is 22.7. The van der Waals surface area contributed by atoms with Crippen LogP contribution < -0.4 is 5.32 Å². The maximum atomic E-state index is 10.8. The molecule has 0 aromatic carbocycles. The summed E-state index contributed by atoms with van der Waals surface area (Å²) in [6.45, 7) is 0.767. The summed E-state index contributed by atoms with van der Waals surface area (Å²) in [6.07, 6.45) is 0. The topological polar surface area (TPSA) is 78.8 Å². The third-order valence-corrected chi connectivity index (χ3v) is 3.06. The van der Waals surface area contributed by atoms with Crippen LogP contribution in [0.4, 0.5) is 0 Å². The Hall–Kier alpha value is -0.950. The number of rotatable bonds is 7. The minimum atomic E-state index is -0.918. The lowest BCUT2D eigenvalue weighted by atomic mass is 10.2. The normalized spacial score (nSPS) is 12.6. The van der Waals surface area contributed by atoms with Crippen molar-refractivity contribution >= 4 is 17.3 Å². The Morgan fingerprint density at radius 1 is 1.69 bits per heavy atom. The first-order valence-corrected chi connectivity index (χ1v) is 5.69. The Kier molecular flexibility index (Phi) is 5.41. The van der Waals surface area contributed by atoms with Crippen LogP contribution in [0.15, 0.2) is 11.4 Å². The van der Waals surface area contributed by atoms with Crippen LogP contribution in [-0.2, 0) is 11.3 Å². The molecule has 0 bridgehead atoms. The number of methoxy groups -OCH3 is 1. The highest BCUT2D eigenvalue weighted by Gasteiger charge is 2.13. The Balaban J connectivity index is 2.53. The van der Waals surface area contributed by atoms with E-state index in [-0.39, 0.29) is 12.6 Å². The van der Waals surface area contributed by atoms with Gasteiger partial charge in [0.25, 0.3) is 0 Å². The maximum absolute atomic E-state index is 10.8. The number of aliphatic hydroxyl groups is 1. The van der Waals surface area contributed by atoms with Crippen molar-refractivity contribution in [3.63, 3.8) is 0 Å². The molecule has 90 valence electrons. The van der Waals surface area contributed by atoms with Gasteiger partial charge in [0.15, 0.2) is 0 Å². The van der Waals surface area contributed by atoms with E-state index in [1.807, 2.05) is 0 Å². The van der Waals surface area contributed by atoms with Crippen LogP contribution in [0.25, 0.3) is 0 Å². The molecule has 1 heterocycles. The second-order valence-corrected chi connectivity index (χ2v) is 4.21. The molecule has 5 nitrogen and oxygen atoms in total. The zero-order valence-electron chi connectivity index (χ0n) is 8.97. The fourth-order valence-corrected chi connectivity index (χ4v) is 2.05. The van der Waals surface area contributed by atoms with Gasteiger partial charge in [-0.05, 0) is 17.0 Å². The molecular weight excluding hydrogens is 230 g/mol. The SMILES string of the molecule is COCC(CO)NCc1ccsc1C(=O)O. The molecule has 0 aliphatic heterocycles. The molecule has 3 N–H and O–H groups in total. The summed E-state index contributed by atoms with van der Waals surface area (Å²) < 4.78 is 4.91. The molecule has 0 saturated carbocycles. The number of aromatic carboxylic acids is 1. The van der Waals surface area contributed by atoms with E-state index in [0.29, 0.717) is 18.0 Å². The average Bonchev–Trinajstić information content (AvgIpc) is 2.72. The summed E-state index contributed by atoms with van der Waals surface area (Å²) in [6, 6.07) is 1.59. The molecule has 1 aromatic rings. The predicted octanol–water partition coefficient (Wildman–Crippen LogP) is 0.543. The lowest BCUT2D eigenvalue weighted by molar-refractivity contribution is 0.0700. The molecule has 1 unspecified atom stereocenters. The monoisotopic (exact) mass is 245 g/mol. The van der Waals surface area contributed by atoms with Crippen LogP contribution in [0.2, 0.25) is 0 Å². The van der Waals surface area contributed by atoms with E-state index in [4.69, 9.17) is 14.9 Å². The fourth-order valence-electron chi connectivity index (χ4n) is 1.29. The Morgan fingerprint density at radius 3 is 3.00 bits per heavy atom. The minimum Gasteiger partial charge on any atom is -0.477 e. The number of thiophene rings is 1. The van der Waals surface area contributed by atoms with Crippen molar-refractivity contribution in [1.29, 1.82) is 0 Å². The number of carboxylic acids is 1. The molecule has 1 rings (SSSR count). The largest absolute Gasteiger partial charge is 0.477 e. The summed E-state index contributed by atoms with van der Waals surface area (Å²) in [7, 11) is 1.55. The number of aliphatic hydroxyl groups excluding tert-OH is 1. The molecule has 0 aliphatic rings. The van der Waals surface area contributed by atoms with Crippen molar-refractivity contribution in [2.24, 2.45) is 0 Å². The highest BCUT2D eigenvalue weighted by atomic mass is 32.1. The van der Waals surface area contributed by atoms with Gasteiger partial charge in [-0.1, -0.05) is 0 Å². The smallest absolute Gasteiger partial charge is 0.346 e. The van der Waals surface area contributed by atoms with E-state index in [2.05, 4.69) is 5.32 Å². The van der Waals surface area contributed by atoms with Crippen molar-refractivity contribution in [3.05, 3.63) is 21.9 Å². The van der Waals surface area contributed by atoms with Crippen molar-refractivity contribution in [1.82, 2.24) is 5.32 Å². The maximum Gasteiger partial charge on any atom is 0.346 e. The zero-order chi connectivity index (χ0) is 12.0. The van der Waals surface area contributed by atoms with Gasteiger partial charge in [-0.15, -0.1) is 11.3 Å². The van der Waals surface area contributed by atoms with Crippen molar-refractivity contribution in [2.75, 3.05) is 20.3 Å². The number of ether oxygens (including phenoxy) is 1. The van der Waals surface area contributed by atoms with Crippen LogP contribution >= 0.6 is 11.3 Å². The van der Waals surface area contributed by atoms with Gasteiger partial charge in [-0.3, -0.25) is 0 Å². The lowest BCUT2D eigenvalue weighted by Gasteiger charge is -2.14. The van der Waals surface area contributed by atoms with Crippen molar-refractivity contribution in [2.45, 2.75) is 12.6 Å². The van der Waals surface area contributed by atoms with Gasteiger partial charge < -0.3 is 20.3 Å². The standard InChI is InChI=1S/C10H15NO4S/c1-15-6-8(5-12)11-4-7-2-3-16-9(7)10(13)14/h2-3,8,11-12H,4-6H2,1H3,(H,13,14). The number of hydrogen-bond acceptors (Lipinski definition) is 5. The molecule has 0 spiro atoms. The Labute approximate surface area is 97.7 Å². The van der Waals surface area contributed by atoms with Gasteiger partial charge in [0.2, 0.25) is 0 Å². The molecule has 0 saturated heterocycles. The fraction of sp³-hybridized carbons (Fsp3) is 0.500. The van der Waals surface area contributed by atoms with E-state index in [1.54, 1.807) is 18.6 Å². The van der Waals surface area contributed by atoms with E-state index >= 15 is 0 Å². The highest BCUT2D eigenvalue weighted by molar-refractivity contribution is 7.12. The molecule has 0 amide bonds. The van der Waals surface area contributed by atoms with Crippen LogP contribution in [0.5, 0.6) is 0 Å². The highest BCUT2D eigenvalue weighted by Crippen LogP contribution is 2.16. The second-order valence-electron chi connectivity index (χ2n) is 3.30. The molecule has 1 aromatic heterocycles. The molecule has 16 heavy (non-hydrogen) atoms.